The summed E-state index contributed by atoms with van der Waals surface area (Å²) in [7, 11) is 5.49. The van der Waals surface area contributed by atoms with Crippen LogP contribution in [0.25, 0.3) is 0 Å². The maximum Gasteiger partial charge on any atom is 0.362 e. The first-order chi connectivity index (χ1) is 26.6. The Balaban J connectivity index is 4.54. The molecule has 0 saturated heterocycles. The fourth-order valence-corrected chi connectivity index (χ4v) is 5.42. The van der Waals surface area contributed by atoms with Crippen LogP contribution < -0.4 is 0 Å². The molecule has 0 aromatic rings. The maximum absolute atomic E-state index is 12.7. The van der Waals surface area contributed by atoms with Crippen molar-refractivity contribution in [3.05, 3.63) is 97.2 Å². The van der Waals surface area contributed by atoms with Gasteiger partial charge in [0.15, 0.2) is 12.1 Å². The molecule has 0 rings (SSSR count). The fourth-order valence-electron chi connectivity index (χ4n) is 5.42. The van der Waals surface area contributed by atoms with E-state index < -0.39 is 18.1 Å². The van der Waals surface area contributed by atoms with Crippen LogP contribution in [0.5, 0.6) is 0 Å². The molecule has 0 aliphatic carbocycles. The van der Waals surface area contributed by atoms with E-state index in [1.165, 1.54) is 32.1 Å². The molecule has 0 amide bonds. The van der Waals surface area contributed by atoms with Crippen molar-refractivity contribution in [1.82, 2.24) is 0 Å². The lowest BCUT2D eigenvalue weighted by Crippen LogP contribution is -2.50. The highest BCUT2D eigenvalue weighted by atomic mass is 16.6. The van der Waals surface area contributed by atoms with Gasteiger partial charge in [0.05, 0.1) is 34.4 Å². The molecule has 1 N–H and O–H groups in total. The number of carboxylic acids is 1. The smallest absolute Gasteiger partial charge is 0.362 e. The van der Waals surface area contributed by atoms with Gasteiger partial charge >= 0.3 is 17.9 Å². The zero-order valence-electron chi connectivity index (χ0n) is 35.1. The van der Waals surface area contributed by atoms with Crippen molar-refractivity contribution < 1.29 is 38.2 Å². The predicted octanol–water partition coefficient (Wildman–Crippen LogP) is 11.1. The summed E-state index contributed by atoms with van der Waals surface area (Å²) >= 11 is 0. The first-order valence-corrected chi connectivity index (χ1v) is 20.9. The molecule has 0 aromatic heterocycles. The molecule has 0 aromatic carbocycles. The number of unbranched alkanes of at least 4 members (excludes halogenated alkanes) is 11. The number of hydrogen-bond donors (Lipinski definition) is 1. The Morgan fingerprint density at radius 3 is 1.58 bits per heavy atom. The molecule has 0 bridgehead atoms. The molecule has 0 aliphatic heterocycles. The summed E-state index contributed by atoms with van der Waals surface area (Å²) in [5.74, 6) is -1.56. The third-order valence-electron chi connectivity index (χ3n) is 8.66. The molecule has 8 nitrogen and oxygen atoms in total. The summed E-state index contributed by atoms with van der Waals surface area (Å²) in [6, 6.07) is -0.630. The van der Waals surface area contributed by atoms with Crippen LogP contribution in [-0.4, -0.2) is 80.6 Å². The molecule has 0 aliphatic rings. The van der Waals surface area contributed by atoms with Crippen LogP contribution in [0.15, 0.2) is 97.2 Å². The highest BCUT2D eigenvalue weighted by Gasteiger charge is 2.31. The van der Waals surface area contributed by atoms with E-state index in [9.17, 15) is 19.5 Å². The Labute approximate surface area is 335 Å². The molecule has 0 radical (unpaired) electrons. The molecule has 0 spiro atoms. The molecule has 0 fully saturated rings. The average molecular weight is 767 g/mol. The highest BCUT2D eigenvalue weighted by molar-refractivity contribution is 5.72. The molecular formula is C47H76NO7+. The van der Waals surface area contributed by atoms with E-state index >= 15 is 0 Å². The van der Waals surface area contributed by atoms with Gasteiger partial charge in [-0.1, -0.05) is 150 Å². The first kappa shape index (κ1) is 51.2. The average Bonchev–Trinajstić information content (AvgIpc) is 3.14. The van der Waals surface area contributed by atoms with Gasteiger partial charge in [0.25, 0.3) is 0 Å². The predicted molar refractivity (Wildman–Crippen MR) is 229 cm³/mol. The van der Waals surface area contributed by atoms with Gasteiger partial charge in [0.2, 0.25) is 0 Å². The fraction of sp³-hybridized carbons (Fsp3) is 0.596. The minimum atomic E-state index is -0.890. The lowest BCUT2D eigenvalue weighted by atomic mass is 10.1. The Bertz CT molecular complexity index is 1220. The summed E-state index contributed by atoms with van der Waals surface area (Å²) in [5, 5.41) is 9.60. The van der Waals surface area contributed by atoms with Crippen LogP contribution in [0.1, 0.15) is 129 Å². The second kappa shape index (κ2) is 37.2. The number of quaternary nitrogens is 1. The van der Waals surface area contributed by atoms with E-state index in [4.69, 9.17) is 14.2 Å². The van der Waals surface area contributed by atoms with Crippen molar-refractivity contribution >= 4 is 17.9 Å². The van der Waals surface area contributed by atoms with E-state index in [-0.39, 0.29) is 42.7 Å². The maximum atomic E-state index is 12.7. The summed E-state index contributed by atoms with van der Waals surface area (Å²) in [6.07, 6.45) is 48.7. The molecule has 2 unspecified atom stereocenters. The molecule has 310 valence electrons. The molecule has 8 heteroatoms. The van der Waals surface area contributed by atoms with Crippen LogP contribution >= 0.6 is 0 Å². The number of carbonyl (C=O) groups excluding carboxylic acids is 2. The van der Waals surface area contributed by atoms with E-state index in [0.29, 0.717) is 19.3 Å². The van der Waals surface area contributed by atoms with Gasteiger partial charge in [-0.3, -0.25) is 9.59 Å². The number of carbonyl (C=O) groups is 3. The van der Waals surface area contributed by atoms with Crippen molar-refractivity contribution in [2.45, 2.75) is 142 Å². The van der Waals surface area contributed by atoms with Crippen molar-refractivity contribution in [1.29, 1.82) is 0 Å². The van der Waals surface area contributed by atoms with Gasteiger partial charge < -0.3 is 23.8 Å². The normalized spacial score (nSPS) is 14.0. The number of rotatable bonds is 35. The Kier molecular flexibility index (Phi) is 34.7. The van der Waals surface area contributed by atoms with Gasteiger partial charge in [0.1, 0.15) is 6.61 Å². The zero-order valence-corrected chi connectivity index (χ0v) is 35.1. The molecule has 55 heavy (non-hydrogen) atoms. The van der Waals surface area contributed by atoms with Gasteiger partial charge in [-0.2, -0.15) is 0 Å². The second-order valence-electron chi connectivity index (χ2n) is 14.7. The van der Waals surface area contributed by atoms with E-state index in [1.807, 2.05) is 94.1 Å². The second-order valence-corrected chi connectivity index (χ2v) is 14.7. The van der Waals surface area contributed by atoms with E-state index in [0.717, 1.165) is 57.8 Å². The quantitative estimate of drug-likeness (QED) is 0.0225. The SMILES string of the molecule is CC/C=C/C=C/C=C/C=C/C=C/C=C/C=C/CCCCCC(=O)OC(COCCC(C(=O)O)[N+](C)(C)C)COC(=O)CCCCCCC/C=C/CCCCC. The van der Waals surface area contributed by atoms with Crippen LogP contribution in [0.4, 0.5) is 0 Å². The largest absolute Gasteiger partial charge is 0.477 e. The lowest BCUT2D eigenvalue weighted by molar-refractivity contribution is -0.887. The molecule has 2 atom stereocenters. The van der Waals surface area contributed by atoms with Crippen molar-refractivity contribution in [3.63, 3.8) is 0 Å². The van der Waals surface area contributed by atoms with Crippen molar-refractivity contribution in [2.75, 3.05) is 41.0 Å². The number of likely N-dealkylation sites (N-methyl/N-ethyl adjacent to an activating group) is 1. The third-order valence-corrected chi connectivity index (χ3v) is 8.66. The highest BCUT2D eigenvalue weighted by Crippen LogP contribution is 2.12. The minimum Gasteiger partial charge on any atom is -0.477 e. The van der Waals surface area contributed by atoms with Crippen LogP contribution in [0, 0.1) is 0 Å². The minimum absolute atomic E-state index is 0.0329. The summed E-state index contributed by atoms with van der Waals surface area (Å²) < 4.78 is 17.2. The van der Waals surface area contributed by atoms with Gasteiger partial charge in [0, 0.05) is 19.3 Å². The topological polar surface area (TPSA) is 99.1 Å². The number of nitrogens with zero attached hydrogens (tertiary/aromatic N) is 1. The van der Waals surface area contributed by atoms with Crippen LogP contribution in [0.2, 0.25) is 0 Å². The lowest BCUT2D eigenvalue weighted by Gasteiger charge is -2.31. The third kappa shape index (κ3) is 35.7. The Hall–Kier alpha value is -3.75. The van der Waals surface area contributed by atoms with Crippen LogP contribution in [-0.2, 0) is 28.6 Å². The van der Waals surface area contributed by atoms with E-state index in [2.05, 4.69) is 38.2 Å². The number of hydrogen-bond acceptors (Lipinski definition) is 6. The van der Waals surface area contributed by atoms with Crippen molar-refractivity contribution in [2.24, 2.45) is 0 Å². The summed E-state index contributed by atoms with van der Waals surface area (Å²) in [6.45, 7) is 4.47. The molecule has 0 saturated carbocycles. The number of aliphatic carboxylic acids is 1. The standard InChI is InChI=1S/C47H75NO7/c1-6-8-10-12-14-16-18-20-21-22-23-24-25-26-28-30-32-34-36-38-46(50)55-43(41-53-40-39-44(47(51)52)48(3,4)5)42-54-45(49)37-35-33-31-29-27-19-17-15-13-11-9-7-2/h8,10,12,14-18,20-26,28,43-44H,6-7,9,11,13,19,27,29-42H2,1-5H3/p+1/b10-8+,14-12+,17-15+,18-16+,21-20+,23-22+,25-24+,28-26+. The molecule has 0 heterocycles. The van der Waals surface area contributed by atoms with Gasteiger partial charge in [-0.25, -0.2) is 4.79 Å². The van der Waals surface area contributed by atoms with Gasteiger partial charge in [-0.15, -0.1) is 0 Å². The number of ether oxygens (including phenoxy) is 3. The Morgan fingerprint density at radius 1 is 0.564 bits per heavy atom. The number of esters is 2. The zero-order chi connectivity index (χ0) is 40.7. The Morgan fingerprint density at radius 2 is 1.04 bits per heavy atom. The first-order valence-electron chi connectivity index (χ1n) is 20.9. The van der Waals surface area contributed by atoms with E-state index in [1.54, 1.807) is 0 Å². The monoisotopic (exact) mass is 767 g/mol. The van der Waals surface area contributed by atoms with Gasteiger partial charge in [-0.05, 0) is 57.8 Å². The van der Waals surface area contributed by atoms with Crippen LogP contribution in [0.3, 0.4) is 0 Å². The number of allylic oxidation sites excluding steroid dienone is 16. The number of carboxylic acid groups (broad SMARTS) is 1. The summed E-state index contributed by atoms with van der Waals surface area (Å²) in [5.41, 5.74) is 0. The molecular weight excluding hydrogens is 691 g/mol. The summed E-state index contributed by atoms with van der Waals surface area (Å²) in [4.78, 5) is 36.9. The van der Waals surface area contributed by atoms with Crippen molar-refractivity contribution in [3.8, 4) is 0 Å².